The number of hydrogen-bond acceptors (Lipinski definition) is 4. The first-order valence-electron chi connectivity index (χ1n) is 8.61. The molecule has 1 unspecified atom stereocenters. The number of nitrogens with zero attached hydrogens (tertiary/aromatic N) is 1. The highest BCUT2D eigenvalue weighted by Crippen LogP contribution is 2.29. The number of aromatic amines is 1. The third kappa shape index (κ3) is 4.30. The Morgan fingerprint density at radius 2 is 2.12 bits per heavy atom. The lowest BCUT2D eigenvalue weighted by molar-refractivity contribution is -0.120. The van der Waals surface area contributed by atoms with Crippen LogP contribution in [0.4, 0.5) is 0 Å². The van der Waals surface area contributed by atoms with Crippen molar-refractivity contribution < 1.29 is 9.90 Å². The third-order valence-electron chi connectivity index (χ3n) is 4.66. The number of benzene rings is 1. The minimum Gasteiger partial charge on any atom is -0.388 e. The van der Waals surface area contributed by atoms with Gasteiger partial charge in [0.25, 0.3) is 0 Å². The standard InChI is InChI=1S/C18H25N3O2S/c1-13(17-20-14-7-3-4-8-15(14)21-17)24-11-16(22)19-12-18(23)9-5-2-6-10-18/h3-4,7-8,13,23H,2,5-6,9-12H2,1H3,(H,19,22)(H,20,21). The predicted molar refractivity (Wildman–Crippen MR) is 98.0 cm³/mol. The van der Waals surface area contributed by atoms with E-state index in [0.29, 0.717) is 12.3 Å². The second kappa shape index (κ2) is 7.57. The van der Waals surface area contributed by atoms with Crippen LogP contribution in [0, 0.1) is 0 Å². The summed E-state index contributed by atoms with van der Waals surface area (Å²) < 4.78 is 0. The maximum absolute atomic E-state index is 12.1. The number of aromatic nitrogens is 2. The molecular formula is C18H25N3O2S. The molecule has 1 aromatic heterocycles. The van der Waals surface area contributed by atoms with E-state index in [1.165, 1.54) is 6.42 Å². The monoisotopic (exact) mass is 347 g/mol. The van der Waals surface area contributed by atoms with Crippen molar-refractivity contribution in [2.45, 2.75) is 49.9 Å². The molecule has 1 aromatic carbocycles. The van der Waals surface area contributed by atoms with Crippen LogP contribution in [-0.4, -0.2) is 38.9 Å². The Morgan fingerprint density at radius 3 is 2.88 bits per heavy atom. The lowest BCUT2D eigenvalue weighted by Gasteiger charge is -2.32. The highest BCUT2D eigenvalue weighted by Gasteiger charge is 2.29. The fourth-order valence-corrected chi connectivity index (χ4v) is 3.92. The number of carbonyl (C=O) groups excluding carboxylic acids is 1. The molecule has 0 bridgehead atoms. The molecule has 0 radical (unpaired) electrons. The van der Waals surface area contributed by atoms with Crippen LogP contribution in [-0.2, 0) is 4.79 Å². The molecule has 2 aromatic rings. The van der Waals surface area contributed by atoms with Crippen LogP contribution >= 0.6 is 11.8 Å². The topological polar surface area (TPSA) is 78.0 Å². The Bertz CT molecular complexity index is 661. The van der Waals surface area contributed by atoms with Crippen molar-refractivity contribution in [3.8, 4) is 0 Å². The van der Waals surface area contributed by atoms with Crippen LogP contribution in [0.1, 0.15) is 50.1 Å². The number of rotatable bonds is 6. The van der Waals surface area contributed by atoms with E-state index < -0.39 is 5.60 Å². The van der Waals surface area contributed by atoms with Crippen LogP contribution in [0.3, 0.4) is 0 Å². The second-order valence-corrected chi connectivity index (χ2v) is 7.98. The fraction of sp³-hybridized carbons (Fsp3) is 0.556. The number of fused-ring (bicyclic) bond motifs is 1. The smallest absolute Gasteiger partial charge is 0.230 e. The van der Waals surface area contributed by atoms with E-state index in [4.69, 9.17) is 0 Å². The van der Waals surface area contributed by atoms with E-state index in [9.17, 15) is 9.90 Å². The first kappa shape index (κ1) is 17.3. The van der Waals surface area contributed by atoms with Crippen LogP contribution in [0.2, 0.25) is 0 Å². The summed E-state index contributed by atoms with van der Waals surface area (Å²) >= 11 is 1.55. The lowest BCUT2D eigenvalue weighted by Crippen LogP contribution is -2.44. The first-order chi connectivity index (χ1) is 11.6. The molecule has 24 heavy (non-hydrogen) atoms. The number of thioether (sulfide) groups is 1. The summed E-state index contributed by atoms with van der Waals surface area (Å²) in [7, 11) is 0. The summed E-state index contributed by atoms with van der Waals surface area (Å²) in [4.78, 5) is 19.9. The van der Waals surface area contributed by atoms with Gasteiger partial charge in [-0.1, -0.05) is 31.4 Å². The molecule has 1 amide bonds. The van der Waals surface area contributed by atoms with Gasteiger partial charge in [0.05, 0.1) is 27.6 Å². The molecule has 0 spiro atoms. The molecule has 3 rings (SSSR count). The van der Waals surface area contributed by atoms with Gasteiger partial charge in [0, 0.05) is 6.54 Å². The molecular weight excluding hydrogens is 322 g/mol. The van der Waals surface area contributed by atoms with E-state index in [1.807, 2.05) is 31.2 Å². The number of aliphatic hydroxyl groups is 1. The van der Waals surface area contributed by atoms with Crippen molar-refractivity contribution in [1.29, 1.82) is 0 Å². The first-order valence-corrected chi connectivity index (χ1v) is 9.66. The van der Waals surface area contributed by atoms with Crippen molar-refractivity contribution >= 4 is 28.7 Å². The van der Waals surface area contributed by atoms with Crippen molar-refractivity contribution in [2.24, 2.45) is 0 Å². The molecule has 3 N–H and O–H groups in total. The van der Waals surface area contributed by atoms with Crippen LogP contribution in [0.15, 0.2) is 24.3 Å². The minimum atomic E-state index is -0.705. The van der Waals surface area contributed by atoms with Gasteiger partial charge in [-0.25, -0.2) is 4.98 Å². The zero-order chi connectivity index (χ0) is 17.0. The van der Waals surface area contributed by atoms with Crippen molar-refractivity contribution in [2.75, 3.05) is 12.3 Å². The van der Waals surface area contributed by atoms with E-state index in [0.717, 1.165) is 42.5 Å². The molecule has 1 aliphatic carbocycles. The molecule has 1 atom stereocenters. The van der Waals surface area contributed by atoms with Crippen molar-refractivity contribution in [3.05, 3.63) is 30.1 Å². The summed E-state index contributed by atoms with van der Waals surface area (Å²) in [5.41, 5.74) is 1.26. The van der Waals surface area contributed by atoms with E-state index in [1.54, 1.807) is 11.8 Å². The quantitative estimate of drug-likeness (QED) is 0.750. The van der Waals surface area contributed by atoms with Gasteiger partial charge in [0.2, 0.25) is 5.91 Å². The maximum atomic E-state index is 12.1. The van der Waals surface area contributed by atoms with Gasteiger partial charge in [-0.2, -0.15) is 0 Å². The van der Waals surface area contributed by atoms with Gasteiger partial charge in [0.1, 0.15) is 5.82 Å². The largest absolute Gasteiger partial charge is 0.388 e. The highest BCUT2D eigenvalue weighted by molar-refractivity contribution is 8.00. The number of amides is 1. The van der Waals surface area contributed by atoms with E-state index in [-0.39, 0.29) is 11.2 Å². The van der Waals surface area contributed by atoms with Crippen LogP contribution in [0.25, 0.3) is 11.0 Å². The third-order valence-corrected chi connectivity index (χ3v) is 5.81. The van der Waals surface area contributed by atoms with Gasteiger partial charge < -0.3 is 15.4 Å². The molecule has 1 heterocycles. The second-order valence-electron chi connectivity index (χ2n) is 6.65. The Labute approximate surface area is 146 Å². The Balaban J connectivity index is 1.46. The van der Waals surface area contributed by atoms with Gasteiger partial charge >= 0.3 is 0 Å². The fourth-order valence-electron chi connectivity index (χ4n) is 3.15. The maximum Gasteiger partial charge on any atom is 0.230 e. The number of carbonyl (C=O) groups is 1. The molecule has 1 fully saturated rings. The molecule has 5 nitrogen and oxygen atoms in total. The molecule has 0 saturated heterocycles. The number of hydrogen-bond donors (Lipinski definition) is 3. The number of para-hydroxylation sites is 2. The predicted octanol–water partition coefficient (Wildman–Crippen LogP) is 3.17. The normalized spacial score (nSPS) is 18.4. The summed E-state index contributed by atoms with van der Waals surface area (Å²) in [6, 6.07) is 7.92. The Morgan fingerprint density at radius 1 is 1.38 bits per heavy atom. The molecule has 1 saturated carbocycles. The minimum absolute atomic E-state index is 0.0260. The number of imidazole rings is 1. The Kier molecular flexibility index (Phi) is 5.46. The molecule has 1 aliphatic rings. The number of nitrogens with one attached hydrogen (secondary N) is 2. The van der Waals surface area contributed by atoms with Gasteiger partial charge in [-0.3, -0.25) is 4.79 Å². The summed E-state index contributed by atoms with van der Waals surface area (Å²) in [6.45, 7) is 2.41. The van der Waals surface area contributed by atoms with Crippen LogP contribution in [0.5, 0.6) is 0 Å². The van der Waals surface area contributed by atoms with Gasteiger partial charge in [0.15, 0.2) is 0 Å². The molecule has 0 aliphatic heterocycles. The van der Waals surface area contributed by atoms with Crippen molar-refractivity contribution in [1.82, 2.24) is 15.3 Å². The average Bonchev–Trinajstić information content (AvgIpc) is 3.03. The summed E-state index contributed by atoms with van der Waals surface area (Å²) in [5, 5.41) is 13.4. The van der Waals surface area contributed by atoms with E-state index in [2.05, 4.69) is 15.3 Å². The average molecular weight is 347 g/mol. The summed E-state index contributed by atoms with van der Waals surface area (Å²) in [5.74, 6) is 1.23. The zero-order valence-corrected chi connectivity index (χ0v) is 14.9. The highest BCUT2D eigenvalue weighted by atomic mass is 32.2. The SMILES string of the molecule is CC(SCC(=O)NCC1(O)CCCCC1)c1nc2ccccc2[nH]1. The van der Waals surface area contributed by atoms with E-state index >= 15 is 0 Å². The van der Waals surface area contributed by atoms with Crippen molar-refractivity contribution in [3.63, 3.8) is 0 Å². The molecule has 6 heteroatoms. The summed E-state index contributed by atoms with van der Waals surface area (Å²) in [6.07, 6.45) is 4.85. The van der Waals surface area contributed by atoms with Gasteiger partial charge in [-0.15, -0.1) is 11.8 Å². The number of H-pyrrole nitrogens is 1. The molecule has 130 valence electrons. The Hall–Kier alpha value is -1.53. The van der Waals surface area contributed by atoms with Gasteiger partial charge in [-0.05, 0) is 31.9 Å². The lowest BCUT2D eigenvalue weighted by atomic mass is 9.85. The zero-order valence-electron chi connectivity index (χ0n) is 14.0. The van der Waals surface area contributed by atoms with Crippen LogP contribution < -0.4 is 5.32 Å².